The Bertz CT molecular complexity index is 1690. The maximum Gasteiger partial charge on any atom is 0.270 e. The van der Waals surface area contributed by atoms with E-state index in [2.05, 4.69) is 25.6 Å². The molecule has 6 rings (SSSR count). The van der Waals surface area contributed by atoms with Crippen LogP contribution in [0, 0.1) is 11.6 Å². The molecule has 0 aliphatic carbocycles. The van der Waals surface area contributed by atoms with E-state index >= 15 is 0 Å². The molecule has 1 aliphatic heterocycles. The van der Waals surface area contributed by atoms with Crippen molar-refractivity contribution < 1.29 is 22.4 Å². The Morgan fingerprint density at radius 2 is 1.85 bits per heavy atom. The quantitative estimate of drug-likeness (QED) is 0.282. The molecule has 0 atom stereocenters. The molecule has 0 bridgehead atoms. The van der Waals surface area contributed by atoms with Crippen LogP contribution in [0.2, 0.25) is 0 Å². The summed E-state index contributed by atoms with van der Waals surface area (Å²) in [6.45, 7) is 1.74. The van der Waals surface area contributed by atoms with E-state index in [9.17, 15) is 22.4 Å². The molecule has 0 spiro atoms. The van der Waals surface area contributed by atoms with Crippen LogP contribution in [0.1, 0.15) is 10.5 Å². The van der Waals surface area contributed by atoms with Gasteiger partial charge in [0.15, 0.2) is 11.6 Å². The van der Waals surface area contributed by atoms with Gasteiger partial charge >= 0.3 is 0 Å². The Morgan fingerprint density at radius 3 is 2.64 bits per heavy atom. The second-order valence-electron chi connectivity index (χ2n) is 9.24. The van der Waals surface area contributed by atoms with Gasteiger partial charge in [-0.25, -0.2) is 27.5 Å². The van der Waals surface area contributed by atoms with Crippen molar-refractivity contribution in [3.05, 3.63) is 72.4 Å². The first-order valence-electron chi connectivity index (χ1n) is 12.3. The number of fused-ring (bicyclic) bond motifs is 2. The fraction of sp³-hybridized carbons (Fsp3) is 0.222. The standard InChI is InChI=1S/C27H23F4N7O/c28-20-8-16(9-21(25(20)31)37-5-3-32-4-6-37)17-7-18-19(11-35-26(18)34-10-17)15-1-2-24-33-12-22(38(24)14-15)27(39)36-13-23(29)30/h1-2,7-12,14,23,32H,3-6,13H2,(H,34,35)(H,36,39). The Balaban J connectivity index is 1.39. The zero-order valence-corrected chi connectivity index (χ0v) is 20.5. The van der Waals surface area contributed by atoms with Crippen molar-refractivity contribution in [3.63, 3.8) is 0 Å². The van der Waals surface area contributed by atoms with Gasteiger partial charge in [-0.2, -0.15) is 0 Å². The number of aromatic amines is 1. The average molecular weight is 538 g/mol. The molecule has 200 valence electrons. The second kappa shape index (κ2) is 10.0. The van der Waals surface area contributed by atoms with E-state index in [0.717, 1.165) is 17.0 Å². The van der Waals surface area contributed by atoms with Gasteiger partial charge in [-0.1, -0.05) is 0 Å². The van der Waals surface area contributed by atoms with Gasteiger partial charge in [0.2, 0.25) is 0 Å². The first-order chi connectivity index (χ1) is 18.9. The summed E-state index contributed by atoms with van der Waals surface area (Å²) in [7, 11) is 0. The summed E-state index contributed by atoms with van der Waals surface area (Å²) < 4.78 is 56.1. The summed E-state index contributed by atoms with van der Waals surface area (Å²) in [6.07, 6.45) is 3.71. The number of carbonyl (C=O) groups excluding carboxylic acids is 1. The van der Waals surface area contributed by atoms with E-state index in [1.165, 1.54) is 10.6 Å². The van der Waals surface area contributed by atoms with Crippen LogP contribution in [0.3, 0.4) is 0 Å². The van der Waals surface area contributed by atoms with E-state index in [4.69, 9.17) is 0 Å². The molecule has 1 aliphatic rings. The number of benzene rings is 1. The monoisotopic (exact) mass is 537 g/mol. The summed E-state index contributed by atoms with van der Waals surface area (Å²) in [5.41, 5.74) is 3.94. The third-order valence-electron chi connectivity index (χ3n) is 6.80. The molecule has 1 amide bonds. The lowest BCUT2D eigenvalue weighted by Gasteiger charge is -2.30. The number of nitrogens with one attached hydrogen (secondary N) is 3. The molecule has 5 aromatic rings. The van der Waals surface area contributed by atoms with Crippen LogP contribution in [-0.4, -0.2) is 64.4 Å². The number of hydrogen-bond donors (Lipinski definition) is 3. The van der Waals surface area contributed by atoms with Gasteiger partial charge in [0.05, 0.1) is 18.4 Å². The van der Waals surface area contributed by atoms with Gasteiger partial charge in [0.25, 0.3) is 12.3 Å². The molecule has 39 heavy (non-hydrogen) atoms. The highest BCUT2D eigenvalue weighted by atomic mass is 19.3. The summed E-state index contributed by atoms with van der Waals surface area (Å²) >= 11 is 0. The van der Waals surface area contributed by atoms with E-state index in [0.29, 0.717) is 54.2 Å². The fourth-order valence-corrected chi connectivity index (χ4v) is 4.85. The molecular weight excluding hydrogens is 514 g/mol. The van der Waals surface area contributed by atoms with E-state index in [1.807, 2.05) is 17.0 Å². The molecule has 5 heterocycles. The van der Waals surface area contributed by atoms with E-state index < -0.39 is 30.5 Å². The molecule has 12 heteroatoms. The number of imidazole rings is 1. The zero-order chi connectivity index (χ0) is 27.1. The molecule has 8 nitrogen and oxygen atoms in total. The highest BCUT2D eigenvalue weighted by Gasteiger charge is 2.20. The van der Waals surface area contributed by atoms with Gasteiger partial charge in [-0.3, -0.25) is 9.20 Å². The number of anilines is 1. The Morgan fingerprint density at radius 1 is 1.03 bits per heavy atom. The summed E-state index contributed by atoms with van der Waals surface area (Å²) in [6, 6.07) is 8.18. The third kappa shape index (κ3) is 4.67. The van der Waals surface area contributed by atoms with E-state index in [1.54, 1.807) is 30.7 Å². The number of pyridine rings is 2. The average Bonchev–Trinajstić information content (AvgIpc) is 3.57. The van der Waals surface area contributed by atoms with Crippen molar-refractivity contribution in [3.8, 4) is 22.3 Å². The maximum atomic E-state index is 14.7. The predicted molar refractivity (Wildman–Crippen MR) is 139 cm³/mol. The number of alkyl halides is 2. The van der Waals surface area contributed by atoms with Gasteiger partial charge in [-0.15, -0.1) is 0 Å². The van der Waals surface area contributed by atoms with E-state index in [-0.39, 0.29) is 11.4 Å². The van der Waals surface area contributed by atoms with Crippen molar-refractivity contribution in [1.82, 2.24) is 30.0 Å². The highest BCUT2D eigenvalue weighted by Crippen LogP contribution is 2.34. The number of nitrogens with zero attached hydrogens (tertiary/aromatic N) is 4. The SMILES string of the molecule is O=C(NCC(F)F)c1cnc2ccc(-c3c[nH]c4ncc(-c5cc(F)c(F)c(N6CCNCC6)c5)cc34)cn12. The summed E-state index contributed by atoms with van der Waals surface area (Å²) in [5, 5.41) is 6.12. The summed E-state index contributed by atoms with van der Waals surface area (Å²) in [5.74, 6) is -2.47. The molecule has 1 aromatic carbocycles. The van der Waals surface area contributed by atoms with Crippen molar-refractivity contribution in [1.29, 1.82) is 0 Å². The number of carbonyl (C=O) groups is 1. The van der Waals surface area contributed by atoms with Gasteiger partial charge in [0.1, 0.15) is 17.0 Å². The Kier molecular flexibility index (Phi) is 6.39. The fourth-order valence-electron chi connectivity index (χ4n) is 4.85. The summed E-state index contributed by atoms with van der Waals surface area (Å²) in [4.78, 5) is 26.1. The number of amides is 1. The predicted octanol–water partition coefficient (Wildman–Crippen LogP) is 4.23. The minimum Gasteiger partial charge on any atom is -0.367 e. The Hall–Kier alpha value is -4.45. The lowest BCUT2D eigenvalue weighted by molar-refractivity contribution is 0.0886. The molecule has 3 N–H and O–H groups in total. The van der Waals surface area contributed by atoms with Crippen molar-refractivity contribution >= 4 is 28.3 Å². The molecule has 0 radical (unpaired) electrons. The minimum atomic E-state index is -2.67. The van der Waals surface area contributed by atoms with Gasteiger partial charge in [0, 0.05) is 66.8 Å². The zero-order valence-electron chi connectivity index (χ0n) is 20.5. The first-order valence-corrected chi connectivity index (χ1v) is 12.3. The smallest absolute Gasteiger partial charge is 0.270 e. The number of halogens is 4. The van der Waals surface area contributed by atoms with Crippen molar-refractivity contribution in [2.75, 3.05) is 37.6 Å². The van der Waals surface area contributed by atoms with Crippen LogP contribution in [0.25, 0.3) is 38.9 Å². The van der Waals surface area contributed by atoms with Crippen LogP contribution in [0.15, 0.2) is 55.1 Å². The highest BCUT2D eigenvalue weighted by molar-refractivity contribution is 5.97. The molecule has 1 fully saturated rings. The number of hydrogen-bond acceptors (Lipinski definition) is 5. The van der Waals surface area contributed by atoms with Crippen molar-refractivity contribution in [2.45, 2.75) is 6.43 Å². The van der Waals surface area contributed by atoms with Gasteiger partial charge in [-0.05, 0) is 35.9 Å². The van der Waals surface area contributed by atoms with Crippen LogP contribution in [-0.2, 0) is 0 Å². The van der Waals surface area contributed by atoms with Crippen LogP contribution >= 0.6 is 0 Å². The Labute approximate surface area is 219 Å². The third-order valence-corrected chi connectivity index (χ3v) is 6.80. The topological polar surface area (TPSA) is 90.3 Å². The number of H-pyrrole nitrogens is 1. The molecule has 0 saturated carbocycles. The van der Waals surface area contributed by atoms with Crippen LogP contribution < -0.4 is 15.5 Å². The lowest BCUT2D eigenvalue weighted by Crippen LogP contribution is -2.44. The molecule has 4 aromatic heterocycles. The minimum absolute atomic E-state index is 0.119. The first kappa shape index (κ1) is 24.9. The molecule has 0 unspecified atom stereocenters. The number of rotatable bonds is 6. The van der Waals surface area contributed by atoms with Crippen LogP contribution in [0.4, 0.5) is 23.2 Å². The largest absolute Gasteiger partial charge is 0.367 e. The maximum absolute atomic E-state index is 14.7. The van der Waals surface area contributed by atoms with Crippen molar-refractivity contribution in [2.24, 2.45) is 0 Å². The molecule has 1 saturated heterocycles. The number of aromatic nitrogens is 4. The molecular formula is C27H23F4N7O. The normalized spacial score (nSPS) is 14.0. The second-order valence-corrected chi connectivity index (χ2v) is 9.24. The number of piperazine rings is 1. The van der Waals surface area contributed by atoms with Crippen LogP contribution in [0.5, 0.6) is 0 Å². The lowest BCUT2D eigenvalue weighted by atomic mass is 10.0. The van der Waals surface area contributed by atoms with Gasteiger partial charge < -0.3 is 20.5 Å².